The highest BCUT2D eigenvalue weighted by Gasteiger charge is 2.22. The quantitative estimate of drug-likeness (QED) is 0.889. The molecule has 18 heavy (non-hydrogen) atoms. The van der Waals surface area contributed by atoms with Gasteiger partial charge in [0, 0.05) is 31.4 Å². The first-order valence-corrected chi connectivity index (χ1v) is 7.05. The number of likely N-dealkylation sites (tertiary alicyclic amines) is 1. The second kappa shape index (κ2) is 6.34. The topological polar surface area (TPSA) is 41.3 Å². The van der Waals surface area contributed by atoms with Crippen LogP contribution < -0.4 is 0 Å². The summed E-state index contributed by atoms with van der Waals surface area (Å²) in [5, 5.41) is 13.9. The van der Waals surface area contributed by atoms with Gasteiger partial charge < -0.3 is 5.11 Å². The monoisotopic (exact) mass is 251 g/mol. The van der Waals surface area contributed by atoms with Crippen molar-refractivity contribution >= 4 is 0 Å². The van der Waals surface area contributed by atoms with Crippen LogP contribution in [0.1, 0.15) is 44.6 Å². The zero-order valence-corrected chi connectivity index (χ0v) is 11.5. The molecule has 0 spiro atoms. The summed E-state index contributed by atoms with van der Waals surface area (Å²) in [4.78, 5) is 2.52. The molecule has 0 amide bonds. The first-order valence-electron chi connectivity index (χ1n) is 7.05. The van der Waals surface area contributed by atoms with E-state index in [1.54, 1.807) is 0 Å². The normalized spacial score (nSPS) is 23.8. The molecule has 2 heterocycles. The van der Waals surface area contributed by atoms with Crippen molar-refractivity contribution in [2.45, 2.75) is 57.7 Å². The third kappa shape index (κ3) is 3.82. The van der Waals surface area contributed by atoms with Gasteiger partial charge >= 0.3 is 0 Å². The molecule has 0 radical (unpaired) electrons. The summed E-state index contributed by atoms with van der Waals surface area (Å²) >= 11 is 0. The van der Waals surface area contributed by atoms with Crippen molar-refractivity contribution < 1.29 is 5.11 Å². The summed E-state index contributed by atoms with van der Waals surface area (Å²) < 4.78 is 1.86. The summed E-state index contributed by atoms with van der Waals surface area (Å²) in [6.07, 6.45) is 9.82. The van der Waals surface area contributed by atoms with E-state index in [1.807, 2.05) is 24.9 Å². The Morgan fingerprint density at radius 3 is 2.94 bits per heavy atom. The van der Waals surface area contributed by atoms with Crippen LogP contribution in [0.5, 0.6) is 0 Å². The Kier molecular flexibility index (Phi) is 4.78. The molecule has 102 valence electrons. The van der Waals surface area contributed by atoms with E-state index in [0.717, 1.165) is 19.5 Å². The van der Waals surface area contributed by atoms with Gasteiger partial charge in [-0.05, 0) is 32.7 Å². The first kappa shape index (κ1) is 13.6. The van der Waals surface area contributed by atoms with E-state index in [4.69, 9.17) is 0 Å². The van der Waals surface area contributed by atoms with E-state index in [-0.39, 0.29) is 6.10 Å². The van der Waals surface area contributed by atoms with Gasteiger partial charge in [0.1, 0.15) is 0 Å². The van der Waals surface area contributed by atoms with E-state index in [1.165, 1.54) is 31.2 Å². The Morgan fingerprint density at radius 1 is 1.44 bits per heavy atom. The molecule has 0 aromatic carbocycles. The van der Waals surface area contributed by atoms with Crippen molar-refractivity contribution in [3.63, 3.8) is 0 Å². The fourth-order valence-corrected chi connectivity index (χ4v) is 2.89. The number of hydrogen-bond acceptors (Lipinski definition) is 3. The number of nitrogens with zero attached hydrogens (tertiary/aromatic N) is 3. The van der Waals surface area contributed by atoms with Crippen LogP contribution in [0.25, 0.3) is 0 Å². The SMILES string of the molecule is CC(O)CC1CCCCCN1Cc1cnn(C)c1. The molecule has 0 bridgehead atoms. The number of aliphatic hydroxyl groups is 1. The zero-order chi connectivity index (χ0) is 13.0. The predicted molar refractivity (Wildman–Crippen MR) is 72.2 cm³/mol. The molecular formula is C14H25N3O. The molecule has 1 aromatic rings. The fraction of sp³-hybridized carbons (Fsp3) is 0.786. The van der Waals surface area contributed by atoms with Crippen molar-refractivity contribution in [3.8, 4) is 0 Å². The fourth-order valence-electron chi connectivity index (χ4n) is 2.89. The Labute approximate surface area is 110 Å². The average molecular weight is 251 g/mol. The van der Waals surface area contributed by atoms with Gasteiger partial charge in [0.25, 0.3) is 0 Å². The lowest BCUT2D eigenvalue weighted by Gasteiger charge is -2.30. The molecule has 0 aliphatic carbocycles. The van der Waals surface area contributed by atoms with Crippen molar-refractivity contribution in [2.24, 2.45) is 7.05 Å². The van der Waals surface area contributed by atoms with E-state index < -0.39 is 0 Å². The Morgan fingerprint density at radius 2 is 2.28 bits per heavy atom. The third-order valence-corrected chi connectivity index (χ3v) is 3.76. The molecule has 1 fully saturated rings. The highest BCUT2D eigenvalue weighted by Crippen LogP contribution is 2.22. The smallest absolute Gasteiger partial charge is 0.0534 e. The Bertz CT molecular complexity index is 362. The third-order valence-electron chi connectivity index (χ3n) is 3.76. The molecular weight excluding hydrogens is 226 g/mol. The number of aliphatic hydroxyl groups excluding tert-OH is 1. The number of rotatable bonds is 4. The summed E-state index contributed by atoms with van der Waals surface area (Å²) in [7, 11) is 1.96. The van der Waals surface area contributed by atoms with Crippen LogP contribution in [0.3, 0.4) is 0 Å². The minimum atomic E-state index is -0.204. The first-order chi connectivity index (χ1) is 8.65. The van der Waals surface area contributed by atoms with Gasteiger partial charge in [0.2, 0.25) is 0 Å². The number of aromatic nitrogens is 2. The highest BCUT2D eigenvalue weighted by atomic mass is 16.3. The van der Waals surface area contributed by atoms with Crippen LogP contribution in [-0.2, 0) is 13.6 Å². The minimum Gasteiger partial charge on any atom is -0.393 e. The van der Waals surface area contributed by atoms with Crippen LogP contribution in [0.2, 0.25) is 0 Å². The molecule has 1 aliphatic rings. The van der Waals surface area contributed by atoms with Gasteiger partial charge in [0.15, 0.2) is 0 Å². The largest absolute Gasteiger partial charge is 0.393 e. The van der Waals surface area contributed by atoms with Gasteiger partial charge in [0.05, 0.1) is 12.3 Å². The second-order valence-corrected chi connectivity index (χ2v) is 5.58. The van der Waals surface area contributed by atoms with Crippen LogP contribution in [0.15, 0.2) is 12.4 Å². The maximum Gasteiger partial charge on any atom is 0.0534 e. The summed E-state index contributed by atoms with van der Waals surface area (Å²) in [5.41, 5.74) is 1.27. The highest BCUT2D eigenvalue weighted by molar-refractivity contribution is 5.04. The van der Waals surface area contributed by atoms with Crippen LogP contribution in [-0.4, -0.2) is 38.5 Å². The lowest BCUT2D eigenvalue weighted by atomic mass is 10.0. The molecule has 4 heteroatoms. The van der Waals surface area contributed by atoms with Crippen molar-refractivity contribution in [1.82, 2.24) is 14.7 Å². The summed E-state index contributed by atoms with van der Waals surface area (Å²) in [5.74, 6) is 0. The molecule has 2 atom stereocenters. The second-order valence-electron chi connectivity index (χ2n) is 5.58. The number of aryl methyl sites for hydroxylation is 1. The predicted octanol–water partition coefficient (Wildman–Crippen LogP) is 1.94. The van der Waals surface area contributed by atoms with Gasteiger partial charge in [-0.3, -0.25) is 9.58 Å². The lowest BCUT2D eigenvalue weighted by molar-refractivity contribution is 0.108. The van der Waals surface area contributed by atoms with E-state index >= 15 is 0 Å². The zero-order valence-electron chi connectivity index (χ0n) is 11.5. The van der Waals surface area contributed by atoms with Crippen molar-refractivity contribution in [3.05, 3.63) is 18.0 Å². The average Bonchev–Trinajstić information content (AvgIpc) is 2.58. The van der Waals surface area contributed by atoms with E-state index in [0.29, 0.717) is 6.04 Å². The molecule has 0 saturated carbocycles. The molecule has 2 unspecified atom stereocenters. The molecule has 1 saturated heterocycles. The summed E-state index contributed by atoms with van der Waals surface area (Å²) in [6, 6.07) is 0.521. The molecule has 2 rings (SSSR count). The number of hydrogen-bond donors (Lipinski definition) is 1. The van der Waals surface area contributed by atoms with Crippen molar-refractivity contribution in [1.29, 1.82) is 0 Å². The van der Waals surface area contributed by atoms with Gasteiger partial charge in [-0.1, -0.05) is 12.8 Å². The molecule has 1 N–H and O–H groups in total. The van der Waals surface area contributed by atoms with E-state index in [2.05, 4.69) is 16.2 Å². The maximum absolute atomic E-state index is 9.64. The van der Waals surface area contributed by atoms with Crippen LogP contribution in [0.4, 0.5) is 0 Å². The molecule has 1 aliphatic heterocycles. The maximum atomic E-state index is 9.64. The van der Waals surface area contributed by atoms with Gasteiger partial charge in [-0.15, -0.1) is 0 Å². The Hall–Kier alpha value is -0.870. The van der Waals surface area contributed by atoms with Gasteiger partial charge in [-0.25, -0.2) is 0 Å². The lowest BCUT2D eigenvalue weighted by Crippen LogP contribution is -2.36. The minimum absolute atomic E-state index is 0.204. The molecule has 4 nitrogen and oxygen atoms in total. The Balaban J connectivity index is 2.00. The summed E-state index contributed by atoms with van der Waals surface area (Å²) in [6.45, 7) is 4.00. The van der Waals surface area contributed by atoms with Crippen LogP contribution >= 0.6 is 0 Å². The molecule has 1 aromatic heterocycles. The standard InChI is InChI=1S/C14H25N3O/c1-12(18)8-14-6-4-3-5-7-17(14)11-13-9-15-16(2)10-13/h9-10,12,14,18H,3-8,11H2,1-2H3. The van der Waals surface area contributed by atoms with Gasteiger partial charge in [-0.2, -0.15) is 5.10 Å². The van der Waals surface area contributed by atoms with Crippen molar-refractivity contribution in [2.75, 3.05) is 6.54 Å². The van der Waals surface area contributed by atoms with E-state index in [9.17, 15) is 5.11 Å². The van der Waals surface area contributed by atoms with Crippen LogP contribution in [0, 0.1) is 0 Å².